The maximum Gasteiger partial charge on any atom is 0.315 e. The first kappa shape index (κ1) is 22.1. The van der Waals surface area contributed by atoms with Crippen molar-refractivity contribution in [1.29, 1.82) is 0 Å². The standard InChI is InChI=1S/C27H28FNO3/c1-16(2)15-32-27(31)24-17(3)29-22-13-20(18-8-5-4-6-9-18)14-23(30)26(22)25(24)19-10-7-11-21(28)12-19/h4-12,16,20,24-25H,13-15H2,1-3H3/t20-,24?,25-/m0/s1. The fourth-order valence-corrected chi connectivity index (χ4v) is 4.72. The van der Waals surface area contributed by atoms with E-state index in [1.165, 1.54) is 12.1 Å². The number of carbonyl (C=O) groups is 2. The van der Waals surface area contributed by atoms with E-state index >= 15 is 0 Å². The van der Waals surface area contributed by atoms with Gasteiger partial charge in [-0.2, -0.15) is 0 Å². The van der Waals surface area contributed by atoms with Gasteiger partial charge in [0, 0.05) is 29.3 Å². The Hall–Kier alpha value is -3.08. The summed E-state index contributed by atoms with van der Waals surface area (Å²) < 4.78 is 19.7. The molecule has 0 saturated heterocycles. The number of aliphatic imine (C=N–C) groups is 1. The van der Waals surface area contributed by atoms with Crippen LogP contribution in [0.5, 0.6) is 0 Å². The van der Waals surface area contributed by atoms with E-state index in [9.17, 15) is 14.0 Å². The maximum absolute atomic E-state index is 14.2. The predicted octanol–water partition coefficient (Wildman–Crippen LogP) is 5.60. The second kappa shape index (κ2) is 9.19. The third-order valence-electron chi connectivity index (χ3n) is 6.18. The minimum Gasteiger partial charge on any atom is -0.465 e. The molecule has 32 heavy (non-hydrogen) atoms. The number of hydrogen-bond acceptors (Lipinski definition) is 4. The van der Waals surface area contributed by atoms with Gasteiger partial charge in [0.1, 0.15) is 11.7 Å². The number of benzene rings is 2. The summed E-state index contributed by atoms with van der Waals surface area (Å²) in [5.41, 5.74) is 3.54. The van der Waals surface area contributed by atoms with Crippen molar-refractivity contribution in [1.82, 2.24) is 0 Å². The van der Waals surface area contributed by atoms with Crippen LogP contribution < -0.4 is 0 Å². The predicted molar refractivity (Wildman–Crippen MR) is 122 cm³/mol. The third-order valence-corrected chi connectivity index (χ3v) is 6.18. The first-order valence-corrected chi connectivity index (χ1v) is 11.1. The number of ketones is 1. The summed E-state index contributed by atoms with van der Waals surface area (Å²) in [6.45, 7) is 6.02. The van der Waals surface area contributed by atoms with E-state index < -0.39 is 23.6 Å². The summed E-state index contributed by atoms with van der Waals surface area (Å²) in [4.78, 5) is 31.3. The highest BCUT2D eigenvalue weighted by Crippen LogP contribution is 2.46. The first-order valence-electron chi connectivity index (χ1n) is 11.1. The minimum atomic E-state index is -0.744. The Morgan fingerprint density at radius 1 is 1.09 bits per heavy atom. The lowest BCUT2D eigenvalue weighted by Gasteiger charge is -2.36. The number of hydrogen-bond donors (Lipinski definition) is 0. The van der Waals surface area contributed by atoms with Crippen molar-refractivity contribution >= 4 is 17.5 Å². The van der Waals surface area contributed by atoms with Gasteiger partial charge in [-0.05, 0) is 48.4 Å². The molecule has 1 aliphatic heterocycles. The summed E-state index contributed by atoms with van der Waals surface area (Å²) in [5.74, 6) is -1.97. The zero-order valence-electron chi connectivity index (χ0n) is 18.7. The minimum absolute atomic E-state index is 0.0349. The quantitative estimate of drug-likeness (QED) is 0.577. The molecule has 1 heterocycles. The van der Waals surface area contributed by atoms with Gasteiger partial charge in [0.25, 0.3) is 0 Å². The number of allylic oxidation sites excluding steroid dienone is 2. The number of carbonyl (C=O) groups excluding carboxylic acids is 2. The van der Waals surface area contributed by atoms with Crippen molar-refractivity contribution in [3.05, 3.63) is 82.8 Å². The van der Waals surface area contributed by atoms with Gasteiger partial charge >= 0.3 is 5.97 Å². The Labute approximate surface area is 188 Å². The van der Waals surface area contributed by atoms with E-state index in [2.05, 4.69) is 0 Å². The van der Waals surface area contributed by atoms with Crippen LogP contribution in [0.2, 0.25) is 0 Å². The van der Waals surface area contributed by atoms with Gasteiger partial charge in [0.2, 0.25) is 0 Å². The SMILES string of the molecule is CC1=NC2=C(C(=O)C[C@@H](c3ccccc3)C2)[C@@H](c2cccc(F)c2)C1C(=O)OCC(C)C. The fraction of sp³-hybridized carbons (Fsp3) is 0.370. The second-order valence-corrected chi connectivity index (χ2v) is 9.09. The molecule has 4 rings (SSSR count). The number of halogens is 1. The number of esters is 1. The molecule has 4 nitrogen and oxygen atoms in total. The fourth-order valence-electron chi connectivity index (χ4n) is 4.72. The first-order chi connectivity index (χ1) is 15.3. The summed E-state index contributed by atoms with van der Waals surface area (Å²) in [7, 11) is 0. The highest BCUT2D eigenvalue weighted by atomic mass is 19.1. The highest BCUT2D eigenvalue weighted by Gasteiger charge is 2.44. The Balaban J connectivity index is 1.77. The summed E-state index contributed by atoms with van der Waals surface area (Å²) >= 11 is 0. The monoisotopic (exact) mass is 433 g/mol. The second-order valence-electron chi connectivity index (χ2n) is 9.09. The van der Waals surface area contributed by atoms with Gasteiger partial charge in [-0.3, -0.25) is 14.6 Å². The van der Waals surface area contributed by atoms with Gasteiger partial charge in [0.05, 0.1) is 6.61 Å². The molecule has 0 aromatic heterocycles. The van der Waals surface area contributed by atoms with Gasteiger partial charge < -0.3 is 4.74 Å². The Morgan fingerprint density at radius 2 is 1.81 bits per heavy atom. The van der Waals surface area contributed by atoms with Gasteiger partial charge in [-0.1, -0.05) is 56.3 Å². The average Bonchev–Trinajstić information content (AvgIpc) is 2.77. The lowest BCUT2D eigenvalue weighted by Crippen LogP contribution is -2.38. The Bertz CT molecular complexity index is 1090. The van der Waals surface area contributed by atoms with E-state index in [4.69, 9.17) is 9.73 Å². The largest absolute Gasteiger partial charge is 0.465 e. The zero-order chi connectivity index (χ0) is 22.8. The van der Waals surface area contributed by atoms with Crippen molar-refractivity contribution in [2.45, 2.75) is 45.4 Å². The summed E-state index contributed by atoms with van der Waals surface area (Å²) in [6.07, 6.45) is 0.957. The highest BCUT2D eigenvalue weighted by molar-refractivity contribution is 6.09. The molecule has 0 fully saturated rings. The molecule has 1 unspecified atom stereocenters. The van der Waals surface area contributed by atoms with E-state index in [0.717, 1.165) is 5.56 Å². The van der Waals surface area contributed by atoms with Gasteiger partial charge in [-0.15, -0.1) is 0 Å². The van der Waals surface area contributed by atoms with E-state index in [-0.39, 0.29) is 24.2 Å². The van der Waals surface area contributed by atoms with Crippen molar-refractivity contribution in [3.8, 4) is 0 Å². The molecule has 3 atom stereocenters. The molecule has 0 bridgehead atoms. The molecule has 0 saturated carbocycles. The van der Waals surface area contributed by atoms with Crippen molar-refractivity contribution in [2.24, 2.45) is 16.8 Å². The van der Waals surface area contributed by atoms with Gasteiger partial charge in [0.15, 0.2) is 5.78 Å². The van der Waals surface area contributed by atoms with Crippen LogP contribution in [0.4, 0.5) is 4.39 Å². The molecular weight excluding hydrogens is 405 g/mol. The molecule has 2 aliphatic rings. The van der Waals surface area contributed by atoms with Crippen LogP contribution in [-0.4, -0.2) is 24.1 Å². The molecule has 166 valence electrons. The Kier molecular flexibility index (Phi) is 6.35. The van der Waals surface area contributed by atoms with E-state index in [1.54, 1.807) is 19.1 Å². The number of ether oxygens (including phenoxy) is 1. The summed E-state index contributed by atoms with van der Waals surface area (Å²) in [5, 5.41) is 0. The smallest absolute Gasteiger partial charge is 0.315 e. The van der Waals surface area contributed by atoms with Crippen LogP contribution in [0.15, 0.2) is 70.9 Å². The Morgan fingerprint density at radius 3 is 2.50 bits per heavy atom. The molecular formula is C27H28FNO3. The molecule has 0 radical (unpaired) electrons. The van der Waals surface area contributed by atoms with Crippen molar-refractivity contribution in [2.75, 3.05) is 6.61 Å². The third kappa shape index (κ3) is 4.43. The van der Waals surface area contributed by atoms with Crippen LogP contribution in [-0.2, 0) is 14.3 Å². The van der Waals surface area contributed by atoms with Crippen molar-refractivity contribution in [3.63, 3.8) is 0 Å². The molecule has 0 amide bonds. The van der Waals surface area contributed by atoms with Crippen LogP contribution in [0, 0.1) is 17.7 Å². The van der Waals surface area contributed by atoms with Crippen molar-refractivity contribution < 1.29 is 18.7 Å². The molecule has 2 aromatic carbocycles. The number of rotatable bonds is 5. The maximum atomic E-state index is 14.2. The molecule has 0 spiro atoms. The lowest BCUT2D eigenvalue weighted by atomic mass is 9.69. The molecule has 1 aliphatic carbocycles. The number of Topliss-reactive ketones (excluding diaryl/α,β-unsaturated/α-hetero) is 1. The van der Waals surface area contributed by atoms with Crippen LogP contribution in [0.1, 0.15) is 56.6 Å². The molecule has 5 heteroatoms. The summed E-state index contributed by atoms with van der Waals surface area (Å²) in [6, 6.07) is 16.1. The molecule has 2 aromatic rings. The van der Waals surface area contributed by atoms with E-state index in [1.807, 2.05) is 44.2 Å². The molecule has 0 N–H and O–H groups in total. The normalized spacial score (nSPS) is 23.1. The average molecular weight is 434 g/mol. The number of nitrogens with zero attached hydrogens (tertiary/aromatic N) is 1. The topological polar surface area (TPSA) is 55.7 Å². The van der Waals surface area contributed by atoms with Crippen LogP contribution in [0.3, 0.4) is 0 Å². The van der Waals surface area contributed by atoms with Crippen LogP contribution in [0.25, 0.3) is 0 Å². The van der Waals surface area contributed by atoms with Gasteiger partial charge in [-0.25, -0.2) is 4.39 Å². The lowest BCUT2D eigenvalue weighted by molar-refractivity contribution is -0.147. The van der Waals surface area contributed by atoms with E-state index in [0.29, 0.717) is 35.4 Å². The zero-order valence-corrected chi connectivity index (χ0v) is 18.7. The van der Waals surface area contributed by atoms with Crippen LogP contribution >= 0.6 is 0 Å².